The van der Waals surface area contributed by atoms with Gasteiger partial charge in [-0.3, -0.25) is 9.52 Å². The monoisotopic (exact) mass is 424 g/mol. The maximum absolute atomic E-state index is 12.5. The summed E-state index contributed by atoms with van der Waals surface area (Å²) < 4.78 is 33.1. The summed E-state index contributed by atoms with van der Waals surface area (Å²) in [4.78, 5) is 12.5. The minimum absolute atomic E-state index is 0.182. The van der Waals surface area contributed by atoms with Crippen LogP contribution in [-0.2, 0) is 21.4 Å². The van der Waals surface area contributed by atoms with Crippen LogP contribution in [0.1, 0.15) is 21.5 Å². The van der Waals surface area contributed by atoms with Crippen molar-refractivity contribution in [3.8, 4) is 0 Å². The molecule has 0 radical (unpaired) electrons. The lowest BCUT2D eigenvalue weighted by Crippen LogP contribution is -2.27. The third kappa shape index (κ3) is 5.92. The lowest BCUT2D eigenvalue weighted by atomic mass is 10.1. The molecule has 0 saturated heterocycles. The number of carbonyl (C=O) groups excluding carboxylic acids is 1. The van der Waals surface area contributed by atoms with Gasteiger partial charge in [0.2, 0.25) is 0 Å². The molecule has 3 aromatic carbocycles. The standard InChI is InChI=1S/C23H24N2O4S/c1-18-16-20(23(26)24-14-15-29-17-19-8-4-2-5-9-19)12-13-22(18)25-30(27,28)21-10-6-3-7-11-21/h2-13,16,25H,14-15,17H2,1H3,(H,24,26). The molecule has 7 heteroatoms. The van der Waals surface area contributed by atoms with E-state index in [1.165, 1.54) is 12.1 Å². The first-order chi connectivity index (χ1) is 14.5. The van der Waals surface area contributed by atoms with Crippen LogP contribution in [0.5, 0.6) is 0 Å². The smallest absolute Gasteiger partial charge is 0.261 e. The number of benzene rings is 3. The summed E-state index contributed by atoms with van der Waals surface area (Å²) in [6, 6.07) is 22.8. The summed E-state index contributed by atoms with van der Waals surface area (Å²) in [5.41, 5.74) is 2.62. The zero-order valence-corrected chi connectivity index (χ0v) is 17.5. The van der Waals surface area contributed by atoms with Crippen molar-refractivity contribution in [2.45, 2.75) is 18.4 Å². The molecule has 0 unspecified atom stereocenters. The fourth-order valence-electron chi connectivity index (χ4n) is 2.83. The second-order valence-corrected chi connectivity index (χ2v) is 8.42. The van der Waals surface area contributed by atoms with E-state index in [-0.39, 0.29) is 10.8 Å². The van der Waals surface area contributed by atoms with Crippen molar-refractivity contribution in [3.05, 3.63) is 95.6 Å². The molecule has 2 N–H and O–H groups in total. The lowest BCUT2D eigenvalue weighted by Gasteiger charge is -2.12. The van der Waals surface area contributed by atoms with Crippen LogP contribution in [0, 0.1) is 6.92 Å². The van der Waals surface area contributed by atoms with Gasteiger partial charge in [-0.15, -0.1) is 0 Å². The van der Waals surface area contributed by atoms with Gasteiger partial charge in [0.15, 0.2) is 0 Å². The molecule has 0 aliphatic heterocycles. The van der Waals surface area contributed by atoms with E-state index >= 15 is 0 Å². The van der Waals surface area contributed by atoms with E-state index in [1.807, 2.05) is 30.3 Å². The first-order valence-electron chi connectivity index (χ1n) is 9.54. The molecule has 0 fully saturated rings. The summed E-state index contributed by atoms with van der Waals surface area (Å²) in [6.45, 7) is 3.02. The van der Waals surface area contributed by atoms with Gasteiger partial charge in [0, 0.05) is 12.1 Å². The van der Waals surface area contributed by atoms with Crippen LogP contribution in [0.4, 0.5) is 5.69 Å². The molecule has 30 heavy (non-hydrogen) atoms. The van der Waals surface area contributed by atoms with Gasteiger partial charge >= 0.3 is 0 Å². The summed E-state index contributed by atoms with van der Waals surface area (Å²) >= 11 is 0. The molecule has 0 saturated carbocycles. The normalized spacial score (nSPS) is 11.1. The molecule has 0 aliphatic carbocycles. The molecular formula is C23H24N2O4S. The van der Waals surface area contributed by atoms with Gasteiger partial charge in [-0.25, -0.2) is 8.42 Å². The Hall–Kier alpha value is -3.16. The largest absolute Gasteiger partial charge is 0.375 e. The van der Waals surface area contributed by atoms with Gasteiger partial charge in [0.25, 0.3) is 15.9 Å². The topological polar surface area (TPSA) is 84.5 Å². The number of amides is 1. The molecule has 1 amide bonds. The van der Waals surface area contributed by atoms with Crippen molar-refractivity contribution in [2.24, 2.45) is 0 Å². The van der Waals surface area contributed by atoms with Crippen molar-refractivity contribution in [1.82, 2.24) is 5.32 Å². The van der Waals surface area contributed by atoms with E-state index in [0.29, 0.717) is 36.6 Å². The van der Waals surface area contributed by atoms with Crippen molar-refractivity contribution in [2.75, 3.05) is 17.9 Å². The highest BCUT2D eigenvalue weighted by Crippen LogP contribution is 2.21. The van der Waals surface area contributed by atoms with Crippen LogP contribution in [0.25, 0.3) is 0 Å². The first-order valence-corrected chi connectivity index (χ1v) is 11.0. The van der Waals surface area contributed by atoms with Gasteiger partial charge in [0.1, 0.15) is 0 Å². The third-order valence-corrected chi connectivity index (χ3v) is 5.81. The quantitative estimate of drug-likeness (QED) is 0.513. The highest BCUT2D eigenvalue weighted by atomic mass is 32.2. The highest BCUT2D eigenvalue weighted by molar-refractivity contribution is 7.92. The lowest BCUT2D eigenvalue weighted by molar-refractivity contribution is 0.0901. The number of aryl methyl sites for hydroxylation is 1. The summed E-state index contributed by atoms with van der Waals surface area (Å²) in [7, 11) is -3.68. The first kappa shape index (κ1) is 21.5. The summed E-state index contributed by atoms with van der Waals surface area (Å²) in [5.74, 6) is -0.237. The Morgan fingerprint density at radius 1 is 0.933 bits per heavy atom. The average Bonchev–Trinajstić information content (AvgIpc) is 2.76. The maximum atomic E-state index is 12.5. The summed E-state index contributed by atoms with van der Waals surface area (Å²) in [5, 5.41) is 2.80. The minimum atomic E-state index is -3.68. The molecule has 3 rings (SSSR count). The predicted molar refractivity (Wildman–Crippen MR) is 117 cm³/mol. The molecular weight excluding hydrogens is 400 g/mol. The molecule has 6 nitrogen and oxygen atoms in total. The van der Waals surface area contributed by atoms with Crippen molar-refractivity contribution in [1.29, 1.82) is 0 Å². The van der Waals surface area contributed by atoms with Crippen LogP contribution >= 0.6 is 0 Å². The van der Waals surface area contributed by atoms with Gasteiger partial charge in [-0.05, 0) is 48.4 Å². The van der Waals surface area contributed by atoms with Crippen molar-refractivity contribution >= 4 is 21.6 Å². The number of hydrogen-bond donors (Lipinski definition) is 2. The molecule has 0 aliphatic rings. The molecule has 0 aromatic heterocycles. The molecule has 0 heterocycles. The highest BCUT2D eigenvalue weighted by Gasteiger charge is 2.15. The molecule has 0 atom stereocenters. The van der Waals surface area contributed by atoms with Crippen LogP contribution in [0.3, 0.4) is 0 Å². The van der Waals surface area contributed by atoms with E-state index in [2.05, 4.69) is 10.0 Å². The van der Waals surface area contributed by atoms with Crippen molar-refractivity contribution in [3.63, 3.8) is 0 Å². The number of rotatable bonds is 9. The Balaban J connectivity index is 1.52. The third-order valence-electron chi connectivity index (χ3n) is 4.43. The molecule has 0 spiro atoms. The number of hydrogen-bond acceptors (Lipinski definition) is 4. The van der Waals surface area contributed by atoms with Gasteiger partial charge < -0.3 is 10.1 Å². The molecule has 156 valence electrons. The Morgan fingerprint density at radius 3 is 2.27 bits per heavy atom. The Bertz CT molecular complexity index is 1080. The Kier molecular flexibility index (Phi) is 7.21. The van der Waals surface area contributed by atoms with Crippen molar-refractivity contribution < 1.29 is 17.9 Å². The Labute approximate surface area is 177 Å². The summed E-state index contributed by atoms with van der Waals surface area (Å²) in [6.07, 6.45) is 0. The molecule has 0 bridgehead atoms. The van der Waals surface area contributed by atoms with E-state index < -0.39 is 10.0 Å². The fourth-order valence-corrected chi connectivity index (χ4v) is 3.98. The van der Waals surface area contributed by atoms with Gasteiger partial charge in [0.05, 0.1) is 23.8 Å². The zero-order chi connectivity index (χ0) is 21.4. The van der Waals surface area contributed by atoms with Gasteiger partial charge in [-0.1, -0.05) is 48.5 Å². The van der Waals surface area contributed by atoms with E-state index in [4.69, 9.17) is 4.74 Å². The van der Waals surface area contributed by atoms with Crippen LogP contribution < -0.4 is 10.0 Å². The second-order valence-electron chi connectivity index (χ2n) is 6.74. The van der Waals surface area contributed by atoms with E-state index in [9.17, 15) is 13.2 Å². The predicted octanol–water partition coefficient (Wildman–Crippen LogP) is 3.74. The number of sulfonamides is 1. The second kappa shape index (κ2) is 10.0. The van der Waals surface area contributed by atoms with E-state index in [0.717, 1.165) is 5.56 Å². The number of nitrogens with one attached hydrogen (secondary N) is 2. The Morgan fingerprint density at radius 2 is 1.60 bits per heavy atom. The number of ether oxygens (including phenoxy) is 1. The SMILES string of the molecule is Cc1cc(C(=O)NCCOCc2ccccc2)ccc1NS(=O)(=O)c1ccccc1. The van der Waals surface area contributed by atoms with Crippen LogP contribution in [0.2, 0.25) is 0 Å². The van der Waals surface area contributed by atoms with E-state index in [1.54, 1.807) is 43.3 Å². The van der Waals surface area contributed by atoms with Gasteiger partial charge in [-0.2, -0.15) is 0 Å². The molecule has 3 aromatic rings. The maximum Gasteiger partial charge on any atom is 0.261 e. The van der Waals surface area contributed by atoms with Crippen LogP contribution in [0.15, 0.2) is 83.8 Å². The fraction of sp³-hybridized carbons (Fsp3) is 0.174. The minimum Gasteiger partial charge on any atom is -0.375 e. The zero-order valence-electron chi connectivity index (χ0n) is 16.7. The number of carbonyl (C=O) groups is 1. The van der Waals surface area contributed by atoms with Crippen LogP contribution in [-0.4, -0.2) is 27.5 Å². The number of anilines is 1. The average molecular weight is 425 g/mol.